The first-order valence-corrected chi connectivity index (χ1v) is 20.4. The molecule has 18 heteroatoms. The van der Waals surface area contributed by atoms with Crippen molar-refractivity contribution in [1.82, 2.24) is 15.3 Å². The van der Waals surface area contributed by atoms with Gasteiger partial charge >= 0.3 is 24.0 Å². The number of halogens is 1. The summed E-state index contributed by atoms with van der Waals surface area (Å²) in [6.07, 6.45) is -0.357. The van der Waals surface area contributed by atoms with Crippen LogP contribution in [0.4, 0.5) is 16.3 Å². The number of aromatic nitrogens is 2. The topological polar surface area (TPSA) is 220 Å². The number of carbonyl (C=O) groups excluding carboxylic acids is 4. The molecule has 2 heterocycles. The molecule has 322 valence electrons. The molecule has 0 aliphatic rings. The molecule has 0 aliphatic heterocycles. The Balaban J connectivity index is 1.44. The molecule has 0 fully saturated rings. The highest BCUT2D eigenvalue weighted by Gasteiger charge is 2.24. The zero-order chi connectivity index (χ0) is 44.7. The first-order valence-electron chi connectivity index (χ1n) is 19.0. The van der Waals surface area contributed by atoms with Crippen LogP contribution >= 0.6 is 23.4 Å². The third-order valence-corrected chi connectivity index (χ3v) is 9.14. The van der Waals surface area contributed by atoms with Gasteiger partial charge in [0, 0.05) is 41.3 Å². The molecule has 0 aliphatic carbocycles. The van der Waals surface area contributed by atoms with Crippen molar-refractivity contribution in [2.75, 3.05) is 25.5 Å². The summed E-state index contributed by atoms with van der Waals surface area (Å²) in [4.78, 5) is 61.8. The van der Waals surface area contributed by atoms with E-state index >= 15 is 0 Å². The van der Waals surface area contributed by atoms with E-state index in [1.54, 1.807) is 90.1 Å². The number of pyridine rings is 1. The summed E-state index contributed by atoms with van der Waals surface area (Å²) in [5.74, 6) is -0.825. The van der Waals surface area contributed by atoms with Crippen LogP contribution in [0.25, 0.3) is 27.4 Å². The molecule has 3 N–H and O–H groups in total. The largest absolute Gasteiger partial charge is 0.490 e. The third-order valence-electron chi connectivity index (χ3n) is 7.87. The van der Waals surface area contributed by atoms with E-state index in [0.29, 0.717) is 32.9 Å². The van der Waals surface area contributed by atoms with Crippen LogP contribution < -0.4 is 15.8 Å². The summed E-state index contributed by atoms with van der Waals surface area (Å²) in [5, 5.41) is 13.7. The van der Waals surface area contributed by atoms with Gasteiger partial charge in [0.15, 0.2) is 6.10 Å². The van der Waals surface area contributed by atoms with Gasteiger partial charge in [-0.1, -0.05) is 35.5 Å². The molecule has 61 heavy (non-hydrogen) atoms. The highest BCUT2D eigenvalue weighted by molar-refractivity contribution is 7.98. The standard InChI is InChI=1S/C43H47ClN6O10S/c1-42(2,3)59-35(53)10-8-9-34(52)58-31(24-56-33(51)19-20-48-41(54)60-43(4,5)6)23-55-30-17-13-26(14-18-30)36-32(21-45)40(50-38(46)37(36)47-7)61-25-29-22-57-39(49-29)27-11-15-28(44)16-12-27/h11-18,22,31H,8-10,19-20,23-25H2,1-6H3,(H2,46,50)(H,48,54)/t31-/m0/s1. The molecule has 2 aromatic heterocycles. The lowest BCUT2D eigenvalue weighted by Gasteiger charge is -2.20. The van der Waals surface area contributed by atoms with Crippen LogP contribution in [-0.4, -0.2) is 71.0 Å². The SMILES string of the molecule is [C-]#[N+]c1c(N)nc(SCc2coc(-c3ccc(Cl)cc3)n2)c(C#N)c1-c1ccc(OC[C@@H](COC(=O)CCNC(=O)OC(C)(C)C)OC(=O)CCCC(=O)OC(C)(C)C)cc1. The lowest BCUT2D eigenvalue weighted by atomic mass is 10.00. The molecule has 1 amide bonds. The molecule has 0 radical (unpaired) electrons. The first-order chi connectivity index (χ1) is 28.8. The quantitative estimate of drug-likeness (QED) is 0.0414. The van der Waals surface area contributed by atoms with E-state index in [1.807, 2.05) is 0 Å². The predicted octanol–water partition coefficient (Wildman–Crippen LogP) is 8.61. The molecule has 2 aromatic carbocycles. The van der Waals surface area contributed by atoms with Crippen LogP contribution in [0.5, 0.6) is 5.75 Å². The number of carbonyl (C=O) groups is 4. The minimum Gasteiger partial charge on any atom is -0.490 e. The average Bonchev–Trinajstić information content (AvgIpc) is 3.66. The average molecular weight is 875 g/mol. The molecule has 0 spiro atoms. The molecule has 16 nitrogen and oxygen atoms in total. The number of benzene rings is 2. The lowest BCUT2D eigenvalue weighted by molar-refractivity contribution is -0.161. The van der Waals surface area contributed by atoms with E-state index in [1.165, 1.54) is 18.0 Å². The molecule has 0 saturated carbocycles. The van der Waals surface area contributed by atoms with Crippen LogP contribution in [0.2, 0.25) is 5.02 Å². The normalized spacial score (nSPS) is 11.7. The van der Waals surface area contributed by atoms with Gasteiger partial charge in [0.2, 0.25) is 11.6 Å². The fourth-order valence-corrected chi connectivity index (χ4v) is 6.29. The van der Waals surface area contributed by atoms with Gasteiger partial charge in [-0.2, -0.15) is 5.26 Å². The van der Waals surface area contributed by atoms with Crippen LogP contribution in [0.15, 0.2) is 64.2 Å². The number of esters is 3. The number of hydrogen-bond acceptors (Lipinski definition) is 15. The van der Waals surface area contributed by atoms with Crippen LogP contribution in [0.1, 0.15) is 78.5 Å². The molecule has 4 aromatic rings. The Morgan fingerprint density at radius 2 is 1.57 bits per heavy atom. The molecule has 0 saturated heterocycles. The number of nitrogen functional groups attached to an aromatic ring is 1. The molecule has 0 unspecified atom stereocenters. The molecular formula is C43H47ClN6O10S. The number of rotatable bonds is 18. The van der Waals surface area contributed by atoms with Crippen molar-refractivity contribution >= 4 is 58.9 Å². The minimum atomic E-state index is -1.05. The van der Waals surface area contributed by atoms with Crippen LogP contribution in [0, 0.1) is 17.9 Å². The van der Waals surface area contributed by atoms with E-state index in [-0.39, 0.29) is 73.8 Å². The van der Waals surface area contributed by atoms with Gasteiger partial charge in [0.25, 0.3) is 0 Å². The molecule has 4 rings (SSSR count). The van der Waals surface area contributed by atoms with Gasteiger partial charge < -0.3 is 39.2 Å². The van der Waals surface area contributed by atoms with E-state index in [9.17, 15) is 24.4 Å². The second-order valence-corrected chi connectivity index (χ2v) is 16.7. The van der Waals surface area contributed by atoms with Crippen molar-refractivity contribution in [3.8, 4) is 34.4 Å². The van der Waals surface area contributed by atoms with Gasteiger partial charge in [0.05, 0.1) is 24.3 Å². The zero-order valence-corrected chi connectivity index (χ0v) is 36.2. The number of nitrogens with two attached hydrogens (primary N) is 1. The maximum Gasteiger partial charge on any atom is 0.407 e. The zero-order valence-electron chi connectivity index (χ0n) is 34.7. The Bertz CT molecular complexity index is 2260. The van der Waals surface area contributed by atoms with Gasteiger partial charge in [0.1, 0.15) is 53.3 Å². The van der Waals surface area contributed by atoms with E-state index in [0.717, 1.165) is 5.56 Å². The Morgan fingerprint density at radius 1 is 0.918 bits per heavy atom. The second-order valence-electron chi connectivity index (χ2n) is 15.3. The Kier molecular flexibility index (Phi) is 16.9. The maximum absolute atomic E-state index is 12.8. The summed E-state index contributed by atoms with van der Waals surface area (Å²) < 4.78 is 32.9. The van der Waals surface area contributed by atoms with Crippen molar-refractivity contribution in [3.05, 3.63) is 82.5 Å². The Hall–Kier alpha value is -6.30. The van der Waals surface area contributed by atoms with Gasteiger partial charge in [-0.05, 0) is 89.9 Å². The number of anilines is 1. The van der Waals surface area contributed by atoms with Gasteiger partial charge in [-0.15, -0.1) is 0 Å². The monoisotopic (exact) mass is 874 g/mol. The summed E-state index contributed by atoms with van der Waals surface area (Å²) in [6.45, 7) is 17.5. The van der Waals surface area contributed by atoms with Crippen molar-refractivity contribution in [1.29, 1.82) is 5.26 Å². The predicted molar refractivity (Wildman–Crippen MR) is 226 cm³/mol. The number of thioether (sulfide) groups is 1. The van der Waals surface area contributed by atoms with Crippen LogP contribution in [-0.2, 0) is 39.1 Å². The number of amides is 1. The number of hydrogen-bond donors (Lipinski definition) is 2. The van der Waals surface area contributed by atoms with Crippen molar-refractivity contribution in [3.63, 3.8) is 0 Å². The smallest absolute Gasteiger partial charge is 0.407 e. The van der Waals surface area contributed by atoms with E-state index in [2.05, 4.69) is 26.2 Å². The third kappa shape index (κ3) is 15.7. The van der Waals surface area contributed by atoms with Gasteiger partial charge in [-0.25, -0.2) is 19.6 Å². The summed E-state index contributed by atoms with van der Waals surface area (Å²) in [5.41, 5.74) is 7.11. The van der Waals surface area contributed by atoms with E-state index < -0.39 is 41.3 Å². The maximum atomic E-state index is 12.8. The number of oxazole rings is 1. The number of nitriles is 1. The van der Waals surface area contributed by atoms with Crippen molar-refractivity contribution in [2.24, 2.45) is 0 Å². The second kappa shape index (κ2) is 21.8. The highest BCUT2D eigenvalue weighted by atomic mass is 35.5. The highest BCUT2D eigenvalue weighted by Crippen LogP contribution is 2.42. The summed E-state index contributed by atoms with van der Waals surface area (Å²) in [6, 6.07) is 15.7. The molecular weight excluding hydrogens is 828 g/mol. The number of nitrogens with zero attached hydrogens (tertiary/aromatic N) is 4. The summed E-state index contributed by atoms with van der Waals surface area (Å²) in [7, 11) is 0. The van der Waals surface area contributed by atoms with Gasteiger partial charge in [-0.3, -0.25) is 14.4 Å². The van der Waals surface area contributed by atoms with Crippen molar-refractivity contribution < 1.29 is 47.3 Å². The number of alkyl carbamates (subject to hydrolysis) is 1. The first kappa shape index (κ1) is 47.4. The fraction of sp³-hybridized carbons (Fsp3) is 0.395. The fourth-order valence-electron chi connectivity index (χ4n) is 5.29. The lowest BCUT2D eigenvalue weighted by Crippen LogP contribution is -2.34. The Labute approximate surface area is 363 Å². The van der Waals surface area contributed by atoms with Crippen molar-refractivity contribution in [2.45, 2.75) is 95.3 Å². The minimum absolute atomic E-state index is 0.000873. The molecule has 0 bridgehead atoms. The van der Waals surface area contributed by atoms with E-state index in [4.69, 9.17) is 52.0 Å². The Morgan fingerprint density at radius 3 is 2.21 bits per heavy atom. The number of nitrogens with one attached hydrogen (secondary N) is 1. The molecule has 1 atom stereocenters. The number of ether oxygens (including phenoxy) is 5. The van der Waals surface area contributed by atoms with Crippen LogP contribution in [0.3, 0.4) is 0 Å². The summed E-state index contributed by atoms with van der Waals surface area (Å²) >= 11 is 7.21.